The lowest BCUT2D eigenvalue weighted by atomic mass is 10.1. The van der Waals surface area contributed by atoms with Gasteiger partial charge in [-0.2, -0.15) is 5.26 Å². The van der Waals surface area contributed by atoms with Crippen molar-refractivity contribution in [2.24, 2.45) is 0 Å². The van der Waals surface area contributed by atoms with E-state index in [1.54, 1.807) is 0 Å². The molecule has 2 heterocycles. The van der Waals surface area contributed by atoms with E-state index in [4.69, 9.17) is 0 Å². The minimum Gasteiger partial charge on any atom is -0.351 e. The molecule has 0 amide bonds. The van der Waals surface area contributed by atoms with Crippen molar-refractivity contribution in [1.29, 1.82) is 5.26 Å². The van der Waals surface area contributed by atoms with Crippen molar-refractivity contribution in [1.82, 2.24) is 24.2 Å². The molecule has 0 aliphatic rings. The first-order valence-electron chi connectivity index (χ1n) is 10.4. The van der Waals surface area contributed by atoms with Gasteiger partial charge in [0.15, 0.2) is 0 Å². The highest BCUT2D eigenvalue weighted by Gasteiger charge is 2.31. The number of anilines is 1. The molecule has 0 saturated heterocycles. The van der Waals surface area contributed by atoms with Crippen molar-refractivity contribution in [2.75, 3.05) is 11.9 Å². The first kappa shape index (κ1) is 24.5. The number of halogens is 3. The molecule has 2 N–H and O–H groups in total. The normalized spacial score (nSPS) is 12.4. The van der Waals surface area contributed by atoms with Crippen LogP contribution in [0.25, 0.3) is 17.1 Å². The Labute approximate surface area is 195 Å². The minimum absolute atomic E-state index is 0.0155. The number of aromatic nitrogens is 4. The van der Waals surface area contributed by atoms with Crippen LogP contribution < -0.4 is 10.0 Å². The van der Waals surface area contributed by atoms with E-state index in [-0.39, 0.29) is 34.6 Å². The van der Waals surface area contributed by atoms with Gasteiger partial charge in [-0.1, -0.05) is 32.2 Å². The zero-order valence-electron chi connectivity index (χ0n) is 18.2. The summed E-state index contributed by atoms with van der Waals surface area (Å²) in [6.45, 7) is 3.44. The van der Waals surface area contributed by atoms with E-state index < -0.39 is 17.3 Å². The van der Waals surface area contributed by atoms with Gasteiger partial charge in [0.2, 0.25) is 5.95 Å². The lowest BCUT2D eigenvalue weighted by molar-refractivity contribution is 0.0174. The molecule has 1 unspecified atom stereocenters. The number of hydrogen-bond donors (Lipinski definition) is 3. The van der Waals surface area contributed by atoms with Crippen LogP contribution in [0.4, 0.5) is 19.1 Å². The summed E-state index contributed by atoms with van der Waals surface area (Å²) in [6.07, 6.45) is 6.19. The summed E-state index contributed by atoms with van der Waals surface area (Å²) >= 11 is 4.00. The molecule has 0 fully saturated rings. The van der Waals surface area contributed by atoms with Crippen molar-refractivity contribution in [2.45, 2.75) is 45.1 Å². The molecule has 3 aromatic rings. The Morgan fingerprint density at radius 1 is 1.27 bits per heavy atom. The smallest absolute Gasteiger partial charge is 0.274 e. The van der Waals surface area contributed by atoms with Gasteiger partial charge in [0.05, 0.1) is 11.1 Å². The van der Waals surface area contributed by atoms with Crippen LogP contribution in [0, 0.1) is 17.1 Å². The maximum Gasteiger partial charge on any atom is 0.274 e. The number of nitrogens with zero attached hydrogens (tertiary/aromatic N) is 5. The quantitative estimate of drug-likeness (QED) is 0.363. The second kappa shape index (κ2) is 10.7. The van der Waals surface area contributed by atoms with Gasteiger partial charge in [-0.15, -0.1) is 0 Å². The Bertz CT molecular complexity index is 1140. The third-order valence-corrected chi connectivity index (χ3v) is 5.25. The van der Waals surface area contributed by atoms with E-state index in [2.05, 4.69) is 37.8 Å². The number of thiol groups is 1. The van der Waals surface area contributed by atoms with Crippen molar-refractivity contribution in [3.63, 3.8) is 0 Å². The number of nitrogens with one attached hydrogen (secondary N) is 2. The molecule has 0 radical (unpaired) electrons. The van der Waals surface area contributed by atoms with Gasteiger partial charge in [-0.05, 0) is 25.0 Å². The van der Waals surface area contributed by atoms with E-state index in [1.165, 1.54) is 35.3 Å². The topological polar surface area (TPSA) is 91.5 Å². The molecule has 0 aliphatic heterocycles. The fourth-order valence-electron chi connectivity index (χ4n) is 3.46. The Morgan fingerprint density at radius 2 is 2.06 bits per heavy atom. The van der Waals surface area contributed by atoms with Crippen LogP contribution in [0.3, 0.4) is 0 Å². The Balaban J connectivity index is 2.03. The number of rotatable bonds is 10. The lowest BCUT2D eigenvalue weighted by Crippen LogP contribution is -2.25. The van der Waals surface area contributed by atoms with Gasteiger partial charge in [-0.25, -0.2) is 28.1 Å². The van der Waals surface area contributed by atoms with E-state index >= 15 is 0 Å². The van der Waals surface area contributed by atoms with E-state index in [0.29, 0.717) is 6.54 Å². The molecule has 1 aromatic carbocycles. The monoisotopic (exact) mass is 475 g/mol. The highest BCUT2D eigenvalue weighted by molar-refractivity contribution is 7.78. The Hall–Kier alpha value is -3.10. The van der Waals surface area contributed by atoms with Gasteiger partial charge in [0.25, 0.3) is 5.92 Å². The first-order valence-corrected chi connectivity index (χ1v) is 10.8. The average molecular weight is 476 g/mol. The van der Waals surface area contributed by atoms with Crippen LogP contribution in [0.1, 0.15) is 44.2 Å². The summed E-state index contributed by atoms with van der Waals surface area (Å²) in [6, 6.07) is 6.03. The predicted molar refractivity (Wildman–Crippen MR) is 123 cm³/mol. The van der Waals surface area contributed by atoms with Gasteiger partial charge in [-0.3, -0.25) is 4.72 Å². The third kappa shape index (κ3) is 5.83. The number of nitriles is 1. The molecule has 0 saturated carbocycles. The van der Waals surface area contributed by atoms with Gasteiger partial charge < -0.3 is 9.88 Å². The number of para-hydroxylation sites is 1. The molecule has 1 atom stereocenters. The molecule has 11 heteroatoms. The van der Waals surface area contributed by atoms with Crippen molar-refractivity contribution >= 4 is 18.8 Å². The van der Waals surface area contributed by atoms with Crippen LogP contribution in [0.15, 0.2) is 36.9 Å². The molecule has 2 aromatic heterocycles. The van der Waals surface area contributed by atoms with Gasteiger partial charge in [0.1, 0.15) is 35.3 Å². The van der Waals surface area contributed by atoms with Crippen LogP contribution in [0.2, 0.25) is 0 Å². The highest BCUT2D eigenvalue weighted by Crippen LogP contribution is 2.34. The predicted octanol–water partition coefficient (Wildman–Crippen LogP) is 4.86. The SMILES string of the molecule is CCCC(CCNS)Nc1ncc(C(C)(F)F)c(-c2cn(-c3c(F)cccc3C#N)cn2)n1. The van der Waals surface area contributed by atoms with Gasteiger partial charge in [0, 0.05) is 31.9 Å². The van der Waals surface area contributed by atoms with Crippen molar-refractivity contribution < 1.29 is 13.2 Å². The molecular formula is C22H24F3N7S. The zero-order valence-corrected chi connectivity index (χ0v) is 19.1. The van der Waals surface area contributed by atoms with Crippen molar-refractivity contribution in [3.05, 3.63) is 53.9 Å². The van der Waals surface area contributed by atoms with Gasteiger partial charge >= 0.3 is 0 Å². The summed E-state index contributed by atoms with van der Waals surface area (Å²) in [5.41, 5.74) is -0.302. The van der Waals surface area contributed by atoms with E-state index in [1.807, 2.05) is 13.0 Å². The largest absolute Gasteiger partial charge is 0.351 e. The number of hydrogen-bond acceptors (Lipinski definition) is 7. The standard InChI is InChI=1S/C22H24F3N7S/c1-3-5-15(8-9-29-33)30-21-27-11-16(22(2,24)25)19(31-21)18-12-32(13-28-18)20-14(10-26)6-4-7-17(20)23/h4,6-7,11-13,15,29,33H,3,5,8-9H2,1-2H3,(H,27,30,31). The fourth-order valence-corrected chi connectivity index (χ4v) is 3.59. The lowest BCUT2D eigenvalue weighted by Gasteiger charge is -2.19. The third-order valence-electron chi connectivity index (χ3n) is 5.03. The summed E-state index contributed by atoms with van der Waals surface area (Å²) in [5.74, 6) is -3.68. The summed E-state index contributed by atoms with van der Waals surface area (Å²) in [7, 11) is 0. The Morgan fingerprint density at radius 3 is 2.73 bits per heavy atom. The van der Waals surface area contributed by atoms with E-state index in [0.717, 1.165) is 32.4 Å². The molecule has 3 rings (SSSR count). The fraction of sp³-hybridized carbons (Fsp3) is 0.364. The first-order chi connectivity index (χ1) is 15.8. The van der Waals surface area contributed by atoms with Crippen molar-refractivity contribution in [3.8, 4) is 23.1 Å². The molecule has 0 bridgehead atoms. The summed E-state index contributed by atoms with van der Waals surface area (Å²) < 4.78 is 47.2. The summed E-state index contributed by atoms with van der Waals surface area (Å²) in [5, 5.41) is 12.5. The molecule has 0 spiro atoms. The Kier molecular flexibility index (Phi) is 7.94. The highest BCUT2D eigenvalue weighted by atomic mass is 32.1. The number of benzene rings is 1. The molecular weight excluding hydrogens is 451 g/mol. The van der Waals surface area contributed by atoms with Crippen LogP contribution in [-0.2, 0) is 5.92 Å². The van der Waals surface area contributed by atoms with Crippen LogP contribution in [0.5, 0.6) is 0 Å². The summed E-state index contributed by atoms with van der Waals surface area (Å²) in [4.78, 5) is 12.6. The minimum atomic E-state index is -3.23. The maximum atomic E-state index is 14.4. The molecule has 33 heavy (non-hydrogen) atoms. The second-order valence-electron chi connectivity index (χ2n) is 7.58. The number of alkyl halides is 2. The molecule has 0 aliphatic carbocycles. The molecule has 7 nitrogen and oxygen atoms in total. The zero-order chi connectivity index (χ0) is 24.0. The second-order valence-corrected chi connectivity index (χ2v) is 7.90. The molecule has 174 valence electrons. The average Bonchev–Trinajstić information content (AvgIpc) is 3.26. The van der Waals surface area contributed by atoms with Crippen LogP contribution >= 0.6 is 12.8 Å². The number of imidazole rings is 1. The van der Waals surface area contributed by atoms with E-state index in [9.17, 15) is 18.4 Å². The van der Waals surface area contributed by atoms with Crippen LogP contribution in [-0.4, -0.2) is 32.1 Å². The maximum absolute atomic E-state index is 14.4.